The van der Waals surface area contributed by atoms with E-state index in [4.69, 9.17) is 11.5 Å². The largest absolute Gasteiger partial charge is 0.386 e. The van der Waals surface area contributed by atoms with Gasteiger partial charge in [-0.15, -0.1) is 0 Å². The molecule has 6 heteroatoms. The second-order valence-corrected chi connectivity index (χ2v) is 2.57. The molecule has 0 atom stereocenters. The van der Waals surface area contributed by atoms with Gasteiger partial charge >= 0.3 is 6.03 Å². The smallest absolute Gasteiger partial charge is 0.340 e. The van der Waals surface area contributed by atoms with Crippen molar-refractivity contribution in [2.45, 2.75) is 0 Å². The molecule has 0 aromatic carbocycles. The molecule has 0 radical (unpaired) electrons. The van der Waals surface area contributed by atoms with Crippen LogP contribution in [0.4, 0.5) is 4.79 Å². The van der Waals surface area contributed by atoms with Crippen molar-refractivity contribution in [3.63, 3.8) is 0 Å². The van der Waals surface area contributed by atoms with E-state index in [0.717, 1.165) is 0 Å². The first-order chi connectivity index (χ1) is 4.68. The zero-order chi connectivity index (χ0) is 7.56. The van der Waals surface area contributed by atoms with Crippen molar-refractivity contribution in [2.75, 3.05) is 5.75 Å². The van der Waals surface area contributed by atoms with Gasteiger partial charge in [-0.1, -0.05) is 11.8 Å². The topological polar surface area (TPSA) is 93.8 Å². The van der Waals surface area contributed by atoms with E-state index in [1.54, 1.807) is 0 Å². The van der Waals surface area contributed by atoms with Gasteiger partial charge in [-0.2, -0.15) is 4.99 Å². The number of urea groups is 1. The van der Waals surface area contributed by atoms with E-state index in [2.05, 4.69) is 9.98 Å². The van der Waals surface area contributed by atoms with Gasteiger partial charge in [0.25, 0.3) is 0 Å². The highest BCUT2D eigenvalue weighted by Crippen LogP contribution is 2.11. The van der Waals surface area contributed by atoms with Crippen LogP contribution in [0.15, 0.2) is 9.98 Å². The maximum absolute atomic E-state index is 10.2. The van der Waals surface area contributed by atoms with E-state index in [1.165, 1.54) is 11.8 Å². The Bertz CT molecular complexity index is 221. The second-order valence-electron chi connectivity index (χ2n) is 1.62. The van der Waals surface area contributed by atoms with Crippen LogP contribution in [-0.2, 0) is 0 Å². The molecule has 0 saturated heterocycles. The molecule has 5 nitrogen and oxygen atoms in total. The van der Waals surface area contributed by atoms with Crippen molar-refractivity contribution in [2.24, 2.45) is 21.5 Å². The maximum Gasteiger partial charge on any atom is 0.340 e. The summed E-state index contributed by atoms with van der Waals surface area (Å²) in [6, 6.07) is -0.735. The average molecular weight is 158 g/mol. The third kappa shape index (κ3) is 1.73. The Morgan fingerprint density at radius 1 is 1.80 bits per heavy atom. The SMILES string of the molecule is NC(=O)N=C1N=C(N)CS1. The fourth-order valence-corrected chi connectivity index (χ4v) is 1.16. The molecule has 1 rings (SSSR count). The number of rotatable bonds is 0. The van der Waals surface area contributed by atoms with Crippen LogP contribution >= 0.6 is 11.8 Å². The lowest BCUT2D eigenvalue weighted by Crippen LogP contribution is -2.10. The first kappa shape index (κ1) is 7.07. The predicted molar refractivity (Wildman–Crippen MR) is 41.1 cm³/mol. The zero-order valence-electron chi connectivity index (χ0n) is 5.07. The second kappa shape index (κ2) is 2.70. The fraction of sp³-hybridized carbons (Fsp3) is 0.250. The lowest BCUT2D eigenvalue weighted by molar-refractivity contribution is 0.257. The summed E-state index contributed by atoms with van der Waals surface area (Å²) in [5, 5.41) is 0.352. The number of thioether (sulfide) groups is 1. The standard InChI is InChI=1S/C4H6N4OS/c5-2-1-10-4(7-2)8-3(6)9/h1H2,(H4,5,6,7,8,9). The van der Waals surface area contributed by atoms with Crippen LogP contribution in [0.25, 0.3) is 0 Å². The monoisotopic (exact) mass is 158 g/mol. The Morgan fingerprint density at radius 3 is 2.90 bits per heavy atom. The van der Waals surface area contributed by atoms with Crippen molar-refractivity contribution in [1.29, 1.82) is 0 Å². The molecular formula is C4H6N4OS. The van der Waals surface area contributed by atoms with E-state index in [-0.39, 0.29) is 0 Å². The summed E-state index contributed by atoms with van der Waals surface area (Å²) in [7, 11) is 0. The minimum Gasteiger partial charge on any atom is -0.386 e. The summed E-state index contributed by atoms with van der Waals surface area (Å²) in [5.74, 6) is 1.07. The number of nitrogens with two attached hydrogens (primary N) is 2. The molecule has 2 amide bonds. The Hall–Kier alpha value is -1.04. The van der Waals surface area contributed by atoms with Crippen molar-refractivity contribution < 1.29 is 4.79 Å². The van der Waals surface area contributed by atoms with Gasteiger partial charge in [0.1, 0.15) is 5.84 Å². The van der Waals surface area contributed by atoms with E-state index in [9.17, 15) is 4.79 Å². The number of carbonyl (C=O) groups is 1. The van der Waals surface area contributed by atoms with Crippen molar-refractivity contribution >= 4 is 28.8 Å². The summed E-state index contributed by atoms with van der Waals surface area (Å²) in [6.07, 6.45) is 0. The van der Waals surface area contributed by atoms with Crippen LogP contribution in [0.1, 0.15) is 0 Å². The highest BCUT2D eigenvalue weighted by molar-refractivity contribution is 8.15. The van der Waals surface area contributed by atoms with Crippen LogP contribution in [0, 0.1) is 0 Å². The molecule has 0 aliphatic carbocycles. The molecule has 0 aromatic heterocycles. The zero-order valence-corrected chi connectivity index (χ0v) is 5.89. The number of nitrogens with zero attached hydrogens (tertiary/aromatic N) is 2. The van der Waals surface area contributed by atoms with E-state index in [0.29, 0.717) is 16.8 Å². The number of primary amides is 1. The van der Waals surface area contributed by atoms with Crippen molar-refractivity contribution in [3.05, 3.63) is 0 Å². The van der Waals surface area contributed by atoms with Crippen LogP contribution < -0.4 is 11.5 Å². The average Bonchev–Trinajstić information content (AvgIpc) is 2.13. The first-order valence-corrected chi connectivity index (χ1v) is 3.51. The van der Waals surface area contributed by atoms with Gasteiger partial charge in [0.05, 0.1) is 5.75 Å². The highest BCUT2D eigenvalue weighted by Gasteiger charge is 2.10. The summed E-state index contributed by atoms with van der Waals surface area (Å²) in [6.45, 7) is 0. The van der Waals surface area contributed by atoms with E-state index >= 15 is 0 Å². The Morgan fingerprint density at radius 2 is 2.50 bits per heavy atom. The van der Waals surface area contributed by atoms with Crippen molar-refractivity contribution in [3.8, 4) is 0 Å². The van der Waals surface area contributed by atoms with Crippen LogP contribution in [0.3, 0.4) is 0 Å². The number of aliphatic imine (C=N–C) groups is 2. The lowest BCUT2D eigenvalue weighted by atomic mass is 10.7. The summed E-state index contributed by atoms with van der Waals surface area (Å²) in [4.78, 5) is 17.3. The Labute approximate surface area is 61.6 Å². The van der Waals surface area contributed by atoms with Crippen molar-refractivity contribution in [1.82, 2.24) is 0 Å². The highest BCUT2D eigenvalue weighted by atomic mass is 32.2. The van der Waals surface area contributed by atoms with E-state index in [1.807, 2.05) is 0 Å². The van der Waals surface area contributed by atoms with Gasteiger partial charge in [0.2, 0.25) is 0 Å². The van der Waals surface area contributed by atoms with Gasteiger partial charge in [-0.3, -0.25) is 0 Å². The molecular weight excluding hydrogens is 152 g/mol. The first-order valence-electron chi connectivity index (χ1n) is 2.52. The van der Waals surface area contributed by atoms with Crippen LogP contribution in [-0.4, -0.2) is 22.8 Å². The molecule has 0 saturated carbocycles. The van der Waals surface area contributed by atoms with Crippen LogP contribution in [0.5, 0.6) is 0 Å². The number of amides is 2. The molecule has 1 heterocycles. The molecule has 0 aromatic rings. The number of hydrogen-bond donors (Lipinski definition) is 2. The summed E-state index contributed by atoms with van der Waals surface area (Å²) < 4.78 is 0. The fourth-order valence-electron chi connectivity index (χ4n) is 0.477. The molecule has 0 fully saturated rings. The number of hydrogen-bond acceptors (Lipinski definition) is 3. The molecule has 10 heavy (non-hydrogen) atoms. The molecule has 0 unspecified atom stereocenters. The Balaban J connectivity index is 2.68. The molecule has 54 valence electrons. The molecule has 0 bridgehead atoms. The summed E-state index contributed by atoms with van der Waals surface area (Å²) in [5.41, 5.74) is 10.1. The lowest BCUT2D eigenvalue weighted by Gasteiger charge is -1.84. The quantitative estimate of drug-likeness (QED) is 0.498. The third-order valence-electron chi connectivity index (χ3n) is 0.794. The molecule has 0 spiro atoms. The molecule has 1 aliphatic rings. The van der Waals surface area contributed by atoms with Gasteiger partial charge in [0.15, 0.2) is 5.17 Å². The van der Waals surface area contributed by atoms with Gasteiger partial charge in [-0.25, -0.2) is 9.79 Å². The number of carbonyl (C=O) groups excluding carboxylic acids is 1. The van der Waals surface area contributed by atoms with Gasteiger partial charge < -0.3 is 11.5 Å². The molecule has 4 N–H and O–H groups in total. The Kier molecular flexibility index (Phi) is 1.91. The van der Waals surface area contributed by atoms with E-state index < -0.39 is 6.03 Å². The minimum absolute atomic E-state index is 0.352. The normalized spacial score (nSPS) is 21.2. The van der Waals surface area contributed by atoms with Gasteiger partial charge in [-0.05, 0) is 0 Å². The van der Waals surface area contributed by atoms with Crippen LogP contribution in [0.2, 0.25) is 0 Å². The summed E-state index contributed by atoms with van der Waals surface area (Å²) >= 11 is 1.30. The maximum atomic E-state index is 10.2. The molecule has 1 aliphatic heterocycles. The predicted octanol–water partition coefficient (Wildman–Crippen LogP) is -0.475. The third-order valence-corrected chi connectivity index (χ3v) is 1.68. The minimum atomic E-state index is -0.735. The number of amidine groups is 2. The van der Waals surface area contributed by atoms with Gasteiger partial charge in [0, 0.05) is 0 Å².